The monoisotopic (exact) mass is 232 g/mol. The molecule has 0 aliphatic rings. The first-order valence-corrected chi connectivity index (χ1v) is 4.30. The van der Waals surface area contributed by atoms with Crippen LogP contribution < -0.4 is 4.74 Å². The maximum Gasteiger partial charge on any atom is 0.339 e. The molecule has 6 heteroatoms. The highest BCUT2D eigenvalue weighted by Gasteiger charge is 2.25. The maximum absolute atomic E-state index is 13.2. The molecule has 16 heavy (non-hydrogen) atoms. The molecule has 0 heterocycles. The van der Waals surface area contributed by atoms with E-state index in [1.165, 1.54) is 0 Å². The summed E-state index contributed by atoms with van der Waals surface area (Å²) in [4.78, 5) is 11.0. The molecule has 0 saturated carbocycles. The molecule has 0 fully saturated rings. The van der Waals surface area contributed by atoms with E-state index in [4.69, 9.17) is 0 Å². The van der Waals surface area contributed by atoms with Crippen LogP contribution in [0, 0.1) is 11.6 Å². The van der Waals surface area contributed by atoms with Crippen molar-refractivity contribution in [2.24, 2.45) is 0 Å². The van der Waals surface area contributed by atoms with E-state index < -0.39 is 23.7 Å². The fourth-order valence-corrected chi connectivity index (χ4v) is 1.24. The molecule has 0 saturated heterocycles. The highest BCUT2D eigenvalue weighted by molar-refractivity contribution is 5.77. The fraction of sp³-hybridized carbons (Fsp3) is 0.300. The number of carbonyl (C=O) groups is 1. The molecule has 1 unspecified atom stereocenters. The lowest BCUT2D eigenvalue weighted by atomic mass is 10.1. The second-order valence-corrected chi connectivity index (χ2v) is 2.94. The molecule has 1 aromatic rings. The molecule has 0 bridgehead atoms. The van der Waals surface area contributed by atoms with Gasteiger partial charge in [0.05, 0.1) is 14.2 Å². The Balaban J connectivity index is 3.25. The molecule has 1 rings (SSSR count). The quantitative estimate of drug-likeness (QED) is 0.795. The first kappa shape index (κ1) is 12.4. The average molecular weight is 232 g/mol. The molecule has 4 nitrogen and oxygen atoms in total. The van der Waals surface area contributed by atoms with E-state index in [0.29, 0.717) is 6.07 Å². The molecule has 0 aliphatic heterocycles. The van der Waals surface area contributed by atoms with E-state index in [2.05, 4.69) is 9.47 Å². The summed E-state index contributed by atoms with van der Waals surface area (Å²) in [6.07, 6.45) is -1.79. The molecule has 0 aromatic heterocycles. The van der Waals surface area contributed by atoms with Gasteiger partial charge in [-0.25, -0.2) is 13.6 Å². The molecule has 0 spiro atoms. The Labute approximate surface area is 90.4 Å². The van der Waals surface area contributed by atoms with Crippen molar-refractivity contribution in [1.82, 2.24) is 0 Å². The molecule has 1 atom stereocenters. The Morgan fingerprint density at radius 3 is 2.50 bits per heavy atom. The zero-order chi connectivity index (χ0) is 12.3. The lowest BCUT2D eigenvalue weighted by Crippen LogP contribution is -2.15. The summed E-state index contributed by atoms with van der Waals surface area (Å²) < 4.78 is 35.0. The lowest BCUT2D eigenvalue weighted by Gasteiger charge is -2.13. The summed E-state index contributed by atoms with van der Waals surface area (Å²) in [5.74, 6) is -3.33. The minimum absolute atomic E-state index is 0.313. The van der Waals surface area contributed by atoms with Gasteiger partial charge in [-0.3, -0.25) is 0 Å². The van der Waals surface area contributed by atoms with E-state index >= 15 is 0 Å². The number of rotatable bonds is 3. The van der Waals surface area contributed by atoms with Crippen LogP contribution in [-0.4, -0.2) is 25.3 Å². The van der Waals surface area contributed by atoms with E-state index in [1.54, 1.807) is 0 Å². The molecule has 0 radical (unpaired) electrons. The summed E-state index contributed by atoms with van der Waals surface area (Å²) in [5, 5.41) is 9.46. The average Bonchev–Trinajstić information content (AvgIpc) is 2.26. The van der Waals surface area contributed by atoms with Crippen molar-refractivity contribution < 1.29 is 28.2 Å². The second-order valence-electron chi connectivity index (χ2n) is 2.94. The number of halogens is 2. The summed E-state index contributed by atoms with van der Waals surface area (Å²) in [5.41, 5.74) is -0.313. The van der Waals surface area contributed by atoms with Crippen molar-refractivity contribution in [2.75, 3.05) is 14.2 Å². The number of methoxy groups -OCH3 is 2. The van der Waals surface area contributed by atoms with Crippen LogP contribution in [0.1, 0.15) is 11.7 Å². The summed E-state index contributed by atoms with van der Waals surface area (Å²) >= 11 is 0. The van der Waals surface area contributed by atoms with E-state index in [9.17, 15) is 18.7 Å². The van der Waals surface area contributed by atoms with Gasteiger partial charge in [0.1, 0.15) is 5.82 Å². The van der Waals surface area contributed by atoms with Gasteiger partial charge in [-0.15, -0.1) is 0 Å². The molecular formula is C10H10F2O4. The first-order valence-electron chi connectivity index (χ1n) is 4.30. The Morgan fingerprint density at radius 1 is 1.38 bits per heavy atom. The molecule has 0 amide bonds. The number of carbonyl (C=O) groups excluding carboxylic acids is 1. The van der Waals surface area contributed by atoms with Crippen LogP contribution in [0.25, 0.3) is 0 Å². The molecule has 0 aliphatic carbocycles. The van der Waals surface area contributed by atoms with Crippen molar-refractivity contribution in [3.05, 3.63) is 29.3 Å². The van der Waals surface area contributed by atoms with Crippen LogP contribution in [0.4, 0.5) is 8.78 Å². The third-order valence-corrected chi connectivity index (χ3v) is 1.96. The number of aliphatic hydroxyl groups is 1. The Bertz CT molecular complexity index is 406. The maximum atomic E-state index is 13.2. The molecule has 88 valence electrons. The van der Waals surface area contributed by atoms with Crippen LogP contribution in [0.2, 0.25) is 0 Å². The zero-order valence-electron chi connectivity index (χ0n) is 8.66. The van der Waals surface area contributed by atoms with Gasteiger partial charge in [0.2, 0.25) is 0 Å². The fourth-order valence-electron chi connectivity index (χ4n) is 1.24. The van der Waals surface area contributed by atoms with Crippen LogP contribution in [-0.2, 0) is 9.53 Å². The van der Waals surface area contributed by atoms with Gasteiger partial charge in [-0.1, -0.05) is 0 Å². The topological polar surface area (TPSA) is 55.8 Å². The number of hydrogen-bond donors (Lipinski definition) is 1. The number of aliphatic hydroxyl groups excluding tert-OH is 1. The minimum atomic E-state index is -1.79. The highest BCUT2D eigenvalue weighted by Crippen LogP contribution is 2.29. The van der Waals surface area contributed by atoms with Crippen LogP contribution in [0.3, 0.4) is 0 Å². The van der Waals surface area contributed by atoms with E-state index in [0.717, 1.165) is 20.3 Å². The predicted molar refractivity (Wildman–Crippen MR) is 49.9 cm³/mol. The van der Waals surface area contributed by atoms with Crippen molar-refractivity contribution in [1.29, 1.82) is 0 Å². The summed E-state index contributed by atoms with van der Waals surface area (Å²) in [6.45, 7) is 0. The lowest BCUT2D eigenvalue weighted by molar-refractivity contribution is -0.150. The summed E-state index contributed by atoms with van der Waals surface area (Å²) in [7, 11) is 2.19. The van der Waals surface area contributed by atoms with Gasteiger partial charge < -0.3 is 14.6 Å². The third-order valence-electron chi connectivity index (χ3n) is 1.96. The van der Waals surface area contributed by atoms with Crippen molar-refractivity contribution in [3.8, 4) is 5.75 Å². The van der Waals surface area contributed by atoms with Crippen LogP contribution in [0.15, 0.2) is 12.1 Å². The standard InChI is InChI=1S/C10H10F2O4/c1-15-9-6(8(13)10(14)16-2)3-5(11)4-7(9)12/h3-4,8,13H,1-2H3. The van der Waals surface area contributed by atoms with Gasteiger partial charge in [0.25, 0.3) is 0 Å². The smallest absolute Gasteiger partial charge is 0.339 e. The van der Waals surface area contributed by atoms with Gasteiger partial charge in [0, 0.05) is 11.6 Å². The van der Waals surface area contributed by atoms with Gasteiger partial charge in [-0.05, 0) is 6.07 Å². The van der Waals surface area contributed by atoms with Gasteiger partial charge in [-0.2, -0.15) is 0 Å². The third kappa shape index (κ3) is 2.27. The van der Waals surface area contributed by atoms with Crippen molar-refractivity contribution in [2.45, 2.75) is 6.10 Å². The Kier molecular flexibility index (Phi) is 3.78. The first-order chi connectivity index (χ1) is 7.51. The van der Waals surface area contributed by atoms with Crippen LogP contribution in [0.5, 0.6) is 5.75 Å². The molecular weight excluding hydrogens is 222 g/mol. The second kappa shape index (κ2) is 4.89. The largest absolute Gasteiger partial charge is 0.493 e. The number of esters is 1. The van der Waals surface area contributed by atoms with Crippen molar-refractivity contribution >= 4 is 5.97 Å². The minimum Gasteiger partial charge on any atom is -0.493 e. The Morgan fingerprint density at radius 2 is 2.00 bits per heavy atom. The molecule has 1 aromatic carbocycles. The summed E-state index contributed by atoms with van der Waals surface area (Å²) in [6, 6.07) is 1.40. The predicted octanol–water partition coefficient (Wildman–Crippen LogP) is 1.18. The zero-order valence-corrected chi connectivity index (χ0v) is 8.66. The Hall–Kier alpha value is -1.69. The molecule has 1 N–H and O–H groups in total. The van der Waals surface area contributed by atoms with Gasteiger partial charge in [0.15, 0.2) is 17.7 Å². The van der Waals surface area contributed by atoms with Gasteiger partial charge >= 0.3 is 5.97 Å². The SMILES string of the molecule is COC(=O)C(O)c1cc(F)cc(F)c1OC. The number of hydrogen-bond acceptors (Lipinski definition) is 4. The van der Waals surface area contributed by atoms with E-state index in [1.807, 2.05) is 0 Å². The highest BCUT2D eigenvalue weighted by atomic mass is 19.1. The van der Waals surface area contributed by atoms with E-state index in [-0.39, 0.29) is 11.3 Å². The normalized spacial score (nSPS) is 12.1. The number of benzene rings is 1. The van der Waals surface area contributed by atoms with Crippen LogP contribution >= 0.6 is 0 Å². The van der Waals surface area contributed by atoms with Crippen molar-refractivity contribution in [3.63, 3.8) is 0 Å². The number of ether oxygens (including phenoxy) is 2.